The summed E-state index contributed by atoms with van der Waals surface area (Å²) in [6, 6.07) is 13.6. The van der Waals surface area contributed by atoms with E-state index >= 15 is 0 Å². The molecule has 6 nitrogen and oxygen atoms in total. The maximum absolute atomic E-state index is 12.4. The zero-order chi connectivity index (χ0) is 19.6. The fourth-order valence-electron chi connectivity index (χ4n) is 2.27. The summed E-state index contributed by atoms with van der Waals surface area (Å²) in [6.45, 7) is 2.69. The molecule has 0 radical (unpaired) electrons. The van der Waals surface area contributed by atoms with Crippen LogP contribution in [0.2, 0.25) is 0 Å². The summed E-state index contributed by atoms with van der Waals surface area (Å²) < 4.78 is 10.4. The van der Waals surface area contributed by atoms with E-state index in [1.807, 2.05) is 0 Å². The van der Waals surface area contributed by atoms with Gasteiger partial charge in [0, 0.05) is 5.56 Å². The molecular formula is C20H22N2O4S. The highest BCUT2D eigenvalue weighted by Crippen LogP contribution is 2.16. The van der Waals surface area contributed by atoms with Crippen LogP contribution in [0.25, 0.3) is 0 Å². The highest BCUT2D eigenvalue weighted by molar-refractivity contribution is 7.80. The number of hydrogen-bond acceptors (Lipinski definition) is 5. The zero-order valence-corrected chi connectivity index (χ0v) is 16.1. The van der Waals surface area contributed by atoms with Gasteiger partial charge in [-0.25, -0.2) is 4.79 Å². The smallest absolute Gasteiger partial charge is 0.339 e. The monoisotopic (exact) mass is 386 g/mol. The first-order chi connectivity index (χ1) is 13.0. The highest BCUT2D eigenvalue weighted by atomic mass is 32.1. The number of hydrogen-bond donors (Lipinski definition) is 2. The molecule has 0 heterocycles. The molecule has 2 N–H and O–H groups in total. The molecule has 0 saturated carbocycles. The van der Waals surface area contributed by atoms with Crippen LogP contribution in [-0.4, -0.2) is 30.7 Å². The largest absolute Gasteiger partial charge is 0.494 e. The second kappa shape index (κ2) is 10.3. The number of rotatable bonds is 7. The molecule has 0 fully saturated rings. The molecule has 0 aliphatic rings. The first-order valence-corrected chi connectivity index (χ1v) is 8.98. The van der Waals surface area contributed by atoms with Gasteiger partial charge < -0.3 is 14.8 Å². The summed E-state index contributed by atoms with van der Waals surface area (Å²) in [4.78, 5) is 24.2. The number of carbonyl (C=O) groups is 2. The van der Waals surface area contributed by atoms with E-state index in [9.17, 15) is 9.59 Å². The van der Waals surface area contributed by atoms with E-state index < -0.39 is 5.97 Å². The van der Waals surface area contributed by atoms with Crippen molar-refractivity contribution in [1.82, 2.24) is 5.32 Å². The molecule has 7 heteroatoms. The number of methoxy groups -OCH3 is 1. The summed E-state index contributed by atoms with van der Waals surface area (Å²) in [5.41, 5.74) is 1.20. The molecule has 1 amide bonds. The molecular weight excluding hydrogens is 364 g/mol. The number of anilines is 1. The van der Waals surface area contributed by atoms with Crippen LogP contribution < -0.4 is 15.4 Å². The third-order valence-corrected chi connectivity index (χ3v) is 3.87. The van der Waals surface area contributed by atoms with Gasteiger partial charge in [0.1, 0.15) is 5.75 Å². The minimum Gasteiger partial charge on any atom is -0.494 e. The van der Waals surface area contributed by atoms with Gasteiger partial charge in [0.05, 0.1) is 25.0 Å². The second-order valence-electron chi connectivity index (χ2n) is 5.68. The predicted octanol–water partition coefficient (Wildman–Crippen LogP) is 3.78. The number of esters is 1. The van der Waals surface area contributed by atoms with Crippen molar-refractivity contribution in [2.24, 2.45) is 0 Å². The lowest BCUT2D eigenvalue weighted by Gasteiger charge is -2.13. The average molecular weight is 386 g/mol. The van der Waals surface area contributed by atoms with Crippen LogP contribution in [0, 0.1) is 0 Å². The number of thiocarbonyl (C=S) groups is 1. The summed E-state index contributed by atoms with van der Waals surface area (Å²) in [6.07, 6.45) is 1.98. The number of ether oxygens (including phenoxy) is 2. The van der Waals surface area contributed by atoms with E-state index in [1.165, 1.54) is 7.11 Å². The number of carbonyl (C=O) groups excluding carboxylic acids is 2. The lowest BCUT2D eigenvalue weighted by molar-refractivity contribution is 0.0602. The molecule has 0 saturated heterocycles. The van der Waals surface area contributed by atoms with Crippen molar-refractivity contribution in [1.29, 1.82) is 0 Å². The van der Waals surface area contributed by atoms with Crippen LogP contribution in [0.1, 0.15) is 40.5 Å². The minimum absolute atomic E-state index is 0.0775. The molecule has 2 rings (SSSR count). The fourth-order valence-corrected chi connectivity index (χ4v) is 2.47. The number of benzene rings is 2. The molecule has 0 aliphatic carbocycles. The van der Waals surface area contributed by atoms with Gasteiger partial charge >= 0.3 is 5.97 Å². The van der Waals surface area contributed by atoms with E-state index in [0.717, 1.165) is 12.8 Å². The first-order valence-electron chi connectivity index (χ1n) is 8.57. The van der Waals surface area contributed by atoms with E-state index in [-0.39, 0.29) is 11.0 Å². The Labute approximate surface area is 163 Å². The summed E-state index contributed by atoms with van der Waals surface area (Å²) in [5, 5.41) is 5.52. The molecule has 2 aromatic rings. The topological polar surface area (TPSA) is 76.7 Å². The Morgan fingerprint density at radius 2 is 1.89 bits per heavy atom. The van der Waals surface area contributed by atoms with E-state index in [2.05, 4.69) is 17.6 Å². The molecule has 0 aliphatic heterocycles. The van der Waals surface area contributed by atoms with Gasteiger partial charge in [-0.05, 0) is 49.0 Å². The normalized spacial score (nSPS) is 10.0. The van der Waals surface area contributed by atoms with Gasteiger partial charge in [0.25, 0.3) is 5.91 Å². The Morgan fingerprint density at radius 1 is 1.11 bits per heavy atom. The Hall–Kier alpha value is -2.93. The summed E-state index contributed by atoms with van der Waals surface area (Å²) in [7, 11) is 1.30. The molecule has 27 heavy (non-hydrogen) atoms. The molecule has 142 valence electrons. The second-order valence-corrected chi connectivity index (χ2v) is 6.08. The van der Waals surface area contributed by atoms with Crippen LogP contribution in [0.15, 0.2) is 48.5 Å². The molecule has 0 spiro atoms. The molecule has 0 unspecified atom stereocenters. The van der Waals surface area contributed by atoms with Crippen molar-refractivity contribution < 1.29 is 19.1 Å². The Kier molecular flexibility index (Phi) is 7.76. The summed E-state index contributed by atoms with van der Waals surface area (Å²) in [5.74, 6) is -0.237. The van der Waals surface area contributed by atoms with Crippen molar-refractivity contribution in [2.75, 3.05) is 19.0 Å². The van der Waals surface area contributed by atoms with Crippen LogP contribution in [0.5, 0.6) is 5.75 Å². The number of amides is 1. The number of unbranched alkanes of at least 4 members (excludes halogenated alkanes) is 1. The van der Waals surface area contributed by atoms with Gasteiger partial charge in [0.15, 0.2) is 5.11 Å². The van der Waals surface area contributed by atoms with E-state index in [4.69, 9.17) is 21.7 Å². The number of para-hydroxylation sites is 1. The van der Waals surface area contributed by atoms with Crippen LogP contribution in [-0.2, 0) is 4.74 Å². The third kappa shape index (κ3) is 6.07. The van der Waals surface area contributed by atoms with Crippen molar-refractivity contribution in [3.8, 4) is 5.75 Å². The van der Waals surface area contributed by atoms with Crippen molar-refractivity contribution in [3.05, 3.63) is 59.7 Å². The Balaban J connectivity index is 2.01. The van der Waals surface area contributed by atoms with Gasteiger partial charge in [-0.2, -0.15) is 0 Å². The van der Waals surface area contributed by atoms with Crippen molar-refractivity contribution >= 4 is 34.9 Å². The standard InChI is InChI=1S/C20H22N2O4S/c1-3-4-12-26-15-9-7-8-14(13-15)18(23)22-20(27)21-17-11-6-5-10-16(17)19(24)25-2/h5-11,13H,3-4,12H2,1-2H3,(H2,21,22,23,27). The van der Waals surface area contributed by atoms with Crippen molar-refractivity contribution in [3.63, 3.8) is 0 Å². The molecule has 0 aromatic heterocycles. The first kappa shape index (κ1) is 20.4. The lowest BCUT2D eigenvalue weighted by Crippen LogP contribution is -2.34. The Bertz CT molecular complexity index is 823. The maximum atomic E-state index is 12.4. The van der Waals surface area contributed by atoms with Crippen LogP contribution >= 0.6 is 12.2 Å². The Morgan fingerprint density at radius 3 is 2.63 bits per heavy atom. The summed E-state index contributed by atoms with van der Waals surface area (Å²) >= 11 is 5.19. The minimum atomic E-state index is -0.496. The van der Waals surface area contributed by atoms with Gasteiger partial charge in [0.2, 0.25) is 0 Å². The van der Waals surface area contributed by atoms with Crippen LogP contribution in [0.4, 0.5) is 5.69 Å². The predicted molar refractivity (Wildman–Crippen MR) is 108 cm³/mol. The molecule has 0 bridgehead atoms. The van der Waals surface area contributed by atoms with E-state index in [1.54, 1.807) is 48.5 Å². The number of nitrogens with one attached hydrogen (secondary N) is 2. The quantitative estimate of drug-likeness (QED) is 0.428. The van der Waals surface area contributed by atoms with Crippen molar-refractivity contribution in [2.45, 2.75) is 19.8 Å². The van der Waals surface area contributed by atoms with Crippen LogP contribution in [0.3, 0.4) is 0 Å². The highest BCUT2D eigenvalue weighted by Gasteiger charge is 2.14. The molecule has 2 aromatic carbocycles. The SMILES string of the molecule is CCCCOc1cccc(C(=O)NC(=S)Nc2ccccc2C(=O)OC)c1. The zero-order valence-electron chi connectivity index (χ0n) is 15.3. The van der Waals surface area contributed by atoms with E-state index in [0.29, 0.717) is 29.2 Å². The third-order valence-electron chi connectivity index (χ3n) is 3.67. The molecule has 0 atom stereocenters. The maximum Gasteiger partial charge on any atom is 0.339 e. The van der Waals surface area contributed by atoms with Gasteiger partial charge in [-0.3, -0.25) is 10.1 Å². The fraction of sp³-hybridized carbons (Fsp3) is 0.250. The van der Waals surface area contributed by atoms with Gasteiger partial charge in [-0.1, -0.05) is 31.5 Å². The lowest BCUT2D eigenvalue weighted by atomic mass is 10.2. The average Bonchev–Trinajstić information content (AvgIpc) is 2.68. The van der Waals surface area contributed by atoms with Gasteiger partial charge in [-0.15, -0.1) is 0 Å².